The molecule has 1 aliphatic carbocycles. The zero-order valence-electron chi connectivity index (χ0n) is 21.9. The smallest absolute Gasteiger partial charge is 0.245 e. The molecule has 2 fully saturated rings. The number of nitrogens with two attached hydrogens (primary N) is 1. The molecule has 1 amide bonds. The van der Waals surface area contributed by atoms with Gasteiger partial charge in [0.15, 0.2) is 0 Å². The third-order valence-electron chi connectivity index (χ3n) is 7.91. The number of nitriles is 1. The molecule has 3 N–H and O–H groups in total. The fourth-order valence-corrected chi connectivity index (χ4v) is 5.70. The van der Waals surface area contributed by atoms with Gasteiger partial charge in [0.25, 0.3) is 0 Å². The van der Waals surface area contributed by atoms with Crippen molar-refractivity contribution in [2.75, 3.05) is 13.1 Å². The second-order valence-corrected chi connectivity index (χ2v) is 10.4. The number of nitrogens with one attached hydrogen (secondary N) is 1. The third-order valence-corrected chi connectivity index (χ3v) is 7.91. The summed E-state index contributed by atoms with van der Waals surface area (Å²) in [5, 5.41) is 17.6. The molecule has 2 aliphatic rings. The van der Waals surface area contributed by atoms with Gasteiger partial charge in [0.05, 0.1) is 17.6 Å². The minimum atomic E-state index is -0.333. The van der Waals surface area contributed by atoms with Crippen LogP contribution in [0.4, 0.5) is 0 Å². The molecule has 1 aliphatic heterocycles. The zero-order chi connectivity index (χ0) is 26.9. The Morgan fingerprint density at radius 2 is 2.13 bits per heavy atom. The van der Waals surface area contributed by atoms with Crippen molar-refractivity contribution in [3.05, 3.63) is 78.0 Å². The Bertz CT molecular complexity index is 1420. The molecule has 9 nitrogen and oxygen atoms in total. The van der Waals surface area contributed by atoms with Crippen LogP contribution in [0.1, 0.15) is 62.5 Å². The number of nitrogens with zero attached hydrogens (tertiary/aromatic N) is 5. The number of amides is 1. The molecule has 9 heteroatoms. The number of carbonyl (C=O) groups excluding carboxylic acids is 1. The number of pyridine rings is 2. The SMILES string of the molecule is C=CC(=O)N1CCC2(CC1)CC(N/C(C)=C(\N)c1cc(OC(C)c3ccccn3)c3c(C#N)cnn3c1)C2. The van der Waals surface area contributed by atoms with Gasteiger partial charge < -0.3 is 20.7 Å². The lowest BCUT2D eigenvalue weighted by Crippen LogP contribution is -2.54. The Hall–Kier alpha value is -4.32. The number of ether oxygens (including phenoxy) is 1. The average molecular weight is 512 g/mol. The first-order valence-electron chi connectivity index (χ1n) is 13.0. The van der Waals surface area contributed by atoms with Crippen molar-refractivity contribution in [1.82, 2.24) is 24.8 Å². The number of carbonyl (C=O) groups is 1. The summed E-state index contributed by atoms with van der Waals surface area (Å²) < 4.78 is 7.94. The molecule has 3 aromatic heterocycles. The number of fused-ring (bicyclic) bond motifs is 1. The van der Waals surface area contributed by atoms with Crippen LogP contribution >= 0.6 is 0 Å². The monoisotopic (exact) mass is 511 g/mol. The van der Waals surface area contributed by atoms with E-state index in [0.717, 1.165) is 55.7 Å². The number of aromatic nitrogens is 3. The maximum absolute atomic E-state index is 11.9. The van der Waals surface area contributed by atoms with Crippen molar-refractivity contribution >= 4 is 17.1 Å². The number of piperidine rings is 1. The van der Waals surface area contributed by atoms with E-state index < -0.39 is 0 Å². The highest BCUT2D eigenvalue weighted by atomic mass is 16.5. The van der Waals surface area contributed by atoms with Gasteiger partial charge in [-0.15, -0.1) is 0 Å². The van der Waals surface area contributed by atoms with Crippen LogP contribution in [0.15, 0.2) is 61.2 Å². The van der Waals surface area contributed by atoms with E-state index in [0.29, 0.717) is 34.0 Å². The molecule has 1 saturated heterocycles. The standard InChI is InChI=1S/C29H33N7O2/c1-4-26(37)35-11-8-29(9-12-35)14-23(15-29)34-19(2)27(31)21-13-25(28-22(16-30)17-33-36(28)18-21)38-20(3)24-7-5-6-10-32-24/h4-7,10,13,17-18,20,23,34H,1,8-9,11-12,14-15,31H2,2-3H3/b27-19-. The fraction of sp³-hybridized carbons (Fsp3) is 0.379. The van der Waals surface area contributed by atoms with E-state index in [9.17, 15) is 10.1 Å². The molecule has 1 atom stereocenters. The minimum Gasteiger partial charge on any atom is -0.482 e. The second-order valence-electron chi connectivity index (χ2n) is 10.4. The van der Waals surface area contributed by atoms with Crippen LogP contribution in [0.25, 0.3) is 11.2 Å². The molecule has 38 heavy (non-hydrogen) atoms. The van der Waals surface area contributed by atoms with E-state index in [1.54, 1.807) is 10.7 Å². The summed E-state index contributed by atoms with van der Waals surface area (Å²) in [6.07, 6.45) is 10.3. The number of likely N-dealkylation sites (tertiary alicyclic amines) is 1. The van der Waals surface area contributed by atoms with Gasteiger partial charge in [0.1, 0.15) is 29.0 Å². The van der Waals surface area contributed by atoms with E-state index in [1.165, 1.54) is 12.3 Å². The van der Waals surface area contributed by atoms with Crippen LogP contribution < -0.4 is 15.8 Å². The third kappa shape index (κ3) is 4.82. The highest BCUT2D eigenvalue weighted by molar-refractivity contribution is 5.87. The Kier molecular flexibility index (Phi) is 6.81. The first-order valence-corrected chi connectivity index (χ1v) is 13.0. The highest BCUT2D eigenvalue weighted by Gasteiger charge is 2.46. The summed E-state index contributed by atoms with van der Waals surface area (Å²) in [7, 11) is 0. The van der Waals surface area contributed by atoms with E-state index in [4.69, 9.17) is 10.5 Å². The fourth-order valence-electron chi connectivity index (χ4n) is 5.70. The summed E-state index contributed by atoms with van der Waals surface area (Å²) >= 11 is 0. The van der Waals surface area contributed by atoms with Gasteiger partial charge in [-0.3, -0.25) is 9.78 Å². The molecule has 0 bridgehead atoms. The molecule has 196 valence electrons. The predicted octanol–water partition coefficient (Wildman–Crippen LogP) is 3.93. The van der Waals surface area contributed by atoms with Crippen molar-refractivity contribution in [2.24, 2.45) is 11.1 Å². The Balaban J connectivity index is 1.32. The van der Waals surface area contributed by atoms with Crippen molar-refractivity contribution in [1.29, 1.82) is 5.26 Å². The number of allylic oxidation sites excluding steroid dienone is 1. The molecule has 0 radical (unpaired) electrons. The molecule has 1 spiro atoms. The summed E-state index contributed by atoms with van der Waals surface area (Å²) in [5.41, 5.74) is 11.0. The largest absolute Gasteiger partial charge is 0.482 e. The van der Waals surface area contributed by atoms with Gasteiger partial charge in [-0.05, 0) is 69.2 Å². The predicted molar refractivity (Wildman–Crippen MR) is 145 cm³/mol. The van der Waals surface area contributed by atoms with Crippen LogP contribution in [0.2, 0.25) is 0 Å². The normalized spacial score (nSPS) is 18.3. The molecular formula is C29H33N7O2. The maximum Gasteiger partial charge on any atom is 0.245 e. The topological polar surface area (TPSA) is 122 Å². The molecule has 1 unspecified atom stereocenters. The van der Waals surface area contributed by atoms with Gasteiger partial charge >= 0.3 is 0 Å². The molecule has 5 rings (SSSR count). The lowest BCUT2D eigenvalue weighted by atomic mass is 9.60. The van der Waals surface area contributed by atoms with E-state index >= 15 is 0 Å². The van der Waals surface area contributed by atoms with Crippen LogP contribution in [-0.4, -0.2) is 44.5 Å². The quantitative estimate of drug-likeness (QED) is 0.461. The number of hydrogen-bond acceptors (Lipinski definition) is 7. The average Bonchev–Trinajstić information content (AvgIpc) is 3.35. The Morgan fingerprint density at radius 3 is 2.79 bits per heavy atom. The summed E-state index contributed by atoms with van der Waals surface area (Å²) in [4.78, 5) is 18.2. The van der Waals surface area contributed by atoms with Crippen molar-refractivity contribution in [2.45, 2.75) is 51.7 Å². The van der Waals surface area contributed by atoms with Crippen LogP contribution in [0.3, 0.4) is 0 Å². The molecule has 3 aromatic rings. The maximum atomic E-state index is 11.9. The second kappa shape index (κ2) is 10.2. The summed E-state index contributed by atoms with van der Waals surface area (Å²) in [5.74, 6) is 0.545. The van der Waals surface area contributed by atoms with Gasteiger partial charge in [-0.25, -0.2) is 4.52 Å². The van der Waals surface area contributed by atoms with Crippen LogP contribution in [-0.2, 0) is 4.79 Å². The van der Waals surface area contributed by atoms with Crippen molar-refractivity contribution in [3.63, 3.8) is 0 Å². The van der Waals surface area contributed by atoms with Crippen molar-refractivity contribution < 1.29 is 9.53 Å². The van der Waals surface area contributed by atoms with Crippen LogP contribution in [0.5, 0.6) is 5.75 Å². The van der Waals surface area contributed by atoms with Gasteiger partial charge in [0, 0.05) is 42.8 Å². The lowest BCUT2D eigenvalue weighted by molar-refractivity contribution is -0.129. The number of hydrogen-bond donors (Lipinski definition) is 2. The van der Waals surface area contributed by atoms with Gasteiger partial charge in [0.2, 0.25) is 5.91 Å². The molecular weight excluding hydrogens is 478 g/mol. The van der Waals surface area contributed by atoms with Gasteiger partial charge in [-0.1, -0.05) is 12.6 Å². The number of rotatable bonds is 7. The minimum absolute atomic E-state index is 0.0224. The Morgan fingerprint density at radius 1 is 1.37 bits per heavy atom. The van der Waals surface area contributed by atoms with E-state index in [1.807, 2.05) is 49.2 Å². The molecule has 0 aromatic carbocycles. The first-order chi connectivity index (χ1) is 18.3. The molecule has 4 heterocycles. The van der Waals surface area contributed by atoms with E-state index in [-0.39, 0.29) is 12.0 Å². The van der Waals surface area contributed by atoms with E-state index in [2.05, 4.69) is 28.0 Å². The lowest BCUT2D eigenvalue weighted by Gasteiger charge is -2.52. The van der Waals surface area contributed by atoms with Gasteiger partial charge in [-0.2, -0.15) is 10.4 Å². The van der Waals surface area contributed by atoms with Crippen LogP contribution in [0, 0.1) is 16.7 Å². The Labute approximate surface area is 222 Å². The summed E-state index contributed by atoms with van der Waals surface area (Å²) in [6, 6.07) is 10.1. The first kappa shape index (κ1) is 25.3. The molecule has 1 saturated carbocycles. The zero-order valence-corrected chi connectivity index (χ0v) is 21.9. The van der Waals surface area contributed by atoms with Crippen molar-refractivity contribution in [3.8, 4) is 11.8 Å². The summed E-state index contributed by atoms with van der Waals surface area (Å²) in [6.45, 7) is 9.09. The highest BCUT2D eigenvalue weighted by Crippen LogP contribution is 2.49.